The molecule has 1 aromatic carbocycles. The van der Waals surface area contributed by atoms with Gasteiger partial charge in [-0.05, 0) is 31.4 Å². The minimum absolute atomic E-state index is 0.178. The van der Waals surface area contributed by atoms with Gasteiger partial charge in [-0.15, -0.1) is 11.8 Å². The fraction of sp³-hybridized carbons (Fsp3) is 0.214. The first-order valence-electron chi connectivity index (χ1n) is 5.70. The van der Waals surface area contributed by atoms with Crippen molar-refractivity contribution in [1.29, 1.82) is 0 Å². The highest BCUT2D eigenvalue weighted by molar-refractivity contribution is 7.98. The first-order chi connectivity index (χ1) is 9.11. The van der Waals surface area contributed by atoms with Crippen LogP contribution in [0.3, 0.4) is 0 Å². The number of aryl methyl sites for hydroxylation is 1. The second kappa shape index (κ2) is 5.84. The molecule has 19 heavy (non-hydrogen) atoms. The number of rotatable bonds is 5. The van der Waals surface area contributed by atoms with E-state index in [0.29, 0.717) is 11.5 Å². The minimum atomic E-state index is -0.989. The van der Waals surface area contributed by atoms with Gasteiger partial charge in [0.15, 0.2) is 0 Å². The van der Waals surface area contributed by atoms with E-state index in [9.17, 15) is 4.79 Å². The minimum Gasteiger partial charge on any atom is -0.484 e. The van der Waals surface area contributed by atoms with Crippen molar-refractivity contribution in [3.8, 4) is 5.75 Å². The number of carbonyl (C=O) groups is 1. The first-order valence-corrected chi connectivity index (χ1v) is 6.92. The van der Waals surface area contributed by atoms with E-state index >= 15 is 0 Å². The summed E-state index contributed by atoms with van der Waals surface area (Å²) in [6.45, 7) is 1.84. The molecule has 0 saturated carbocycles. The second-order valence-electron chi connectivity index (χ2n) is 3.93. The zero-order chi connectivity index (χ0) is 13.8. The number of para-hydroxylation sites is 1. The molecule has 1 N–H and O–H groups in total. The molecule has 0 bridgehead atoms. The van der Waals surface area contributed by atoms with E-state index in [0.717, 1.165) is 10.6 Å². The summed E-state index contributed by atoms with van der Waals surface area (Å²) in [6.07, 6.45) is 1.97. The van der Waals surface area contributed by atoms with Crippen LogP contribution in [0, 0.1) is 6.92 Å². The Balaban J connectivity index is 2.10. The molecule has 100 valence electrons. The van der Waals surface area contributed by atoms with Crippen molar-refractivity contribution in [2.45, 2.75) is 18.4 Å². The van der Waals surface area contributed by atoms with Gasteiger partial charge in [-0.25, -0.2) is 4.79 Å². The fourth-order valence-corrected chi connectivity index (χ4v) is 2.26. The van der Waals surface area contributed by atoms with Gasteiger partial charge in [-0.3, -0.25) is 0 Å². The lowest BCUT2D eigenvalue weighted by Crippen LogP contribution is -1.96. The van der Waals surface area contributed by atoms with Gasteiger partial charge in [0.05, 0.1) is 0 Å². The lowest BCUT2D eigenvalue weighted by atomic mass is 10.2. The highest BCUT2D eigenvalue weighted by Crippen LogP contribution is 2.28. The summed E-state index contributed by atoms with van der Waals surface area (Å²) in [5.74, 6) is 0.674. The third-order valence-corrected chi connectivity index (χ3v) is 3.42. The van der Waals surface area contributed by atoms with Crippen molar-refractivity contribution < 1.29 is 19.1 Å². The van der Waals surface area contributed by atoms with Crippen LogP contribution in [0.2, 0.25) is 0 Å². The Bertz CT molecular complexity index is 589. The molecule has 0 spiro atoms. The summed E-state index contributed by atoms with van der Waals surface area (Å²) in [5, 5.41) is 8.94. The van der Waals surface area contributed by atoms with Crippen molar-refractivity contribution in [1.82, 2.24) is 0 Å². The number of hydrogen-bond donors (Lipinski definition) is 1. The van der Waals surface area contributed by atoms with E-state index in [4.69, 9.17) is 14.3 Å². The summed E-state index contributed by atoms with van der Waals surface area (Å²) in [6, 6.07) is 9.18. The zero-order valence-electron chi connectivity index (χ0n) is 10.7. The standard InChI is InChI=1S/C14H14O4S/c1-9-11(14(15)16)7-10(18-9)8-17-12-5-3-4-6-13(12)19-2/h3-7H,8H2,1-2H3,(H,15,16). The summed E-state index contributed by atoms with van der Waals surface area (Å²) < 4.78 is 11.0. The highest BCUT2D eigenvalue weighted by atomic mass is 32.2. The van der Waals surface area contributed by atoms with Crippen molar-refractivity contribution in [3.05, 3.63) is 47.4 Å². The predicted octanol–water partition coefficient (Wildman–Crippen LogP) is 3.59. The Labute approximate surface area is 115 Å². The Morgan fingerprint density at radius 2 is 2.16 bits per heavy atom. The molecule has 0 fully saturated rings. The number of carboxylic acids is 1. The van der Waals surface area contributed by atoms with Crippen LogP contribution in [0.1, 0.15) is 21.9 Å². The molecule has 2 rings (SSSR count). The van der Waals surface area contributed by atoms with Gasteiger partial charge in [0.1, 0.15) is 29.4 Å². The van der Waals surface area contributed by atoms with Gasteiger partial charge >= 0.3 is 5.97 Å². The molecule has 0 aliphatic heterocycles. The molecule has 0 aliphatic carbocycles. The Morgan fingerprint density at radius 1 is 1.42 bits per heavy atom. The maximum Gasteiger partial charge on any atom is 0.339 e. The van der Waals surface area contributed by atoms with Crippen molar-refractivity contribution in [2.24, 2.45) is 0 Å². The first kappa shape index (κ1) is 13.5. The maximum atomic E-state index is 10.9. The molecule has 4 nitrogen and oxygen atoms in total. The van der Waals surface area contributed by atoms with Gasteiger partial charge < -0.3 is 14.3 Å². The van der Waals surface area contributed by atoms with Crippen molar-refractivity contribution in [2.75, 3.05) is 6.26 Å². The number of furan rings is 1. The Kier molecular flexibility index (Phi) is 4.16. The van der Waals surface area contributed by atoms with Crippen LogP contribution >= 0.6 is 11.8 Å². The van der Waals surface area contributed by atoms with Crippen LogP contribution in [0.25, 0.3) is 0 Å². The third-order valence-electron chi connectivity index (χ3n) is 2.64. The van der Waals surface area contributed by atoms with Gasteiger partial charge in [0.25, 0.3) is 0 Å². The quantitative estimate of drug-likeness (QED) is 0.847. The largest absolute Gasteiger partial charge is 0.484 e. The molecule has 2 aromatic rings. The van der Waals surface area contributed by atoms with Gasteiger partial charge in [-0.2, -0.15) is 0 Å². The molecule has 0 unspecified atom stereocenters. The average molecular weight is 278 g/mol. The van der Waals surface area contributed by atoms with Gasteiger partial charge in [0.2, 0.25) is 0 Å². The average Bonchev–Trinajstić information content (AvgIpc) is 2.78. The maximum absolute atomic E-state index is 10.9. The number of aromatic carboxylic acids is 1. The lowest BCUT2D eigenvalue weighted by molar-refractivity contribution is 0.0695. The molecule has 0 saturated heterocycles. The van der Waals surface area contributed by atoms with E-state index in [1.807, 2.05) is 30.5 Å². The zero-order valence-corrected chi connectivity index (χ0v) is 11.5. The number of ether oxygens (including phenoxy) is 1. The van der Waals surface area contributed by atoms with Crippen LogP contribution in [0.4, 0.5) is 0 Å². The lowest BCUT2D eigenvalue weighted by Gasteiger charge is -2.07. The Hall–Kier alpha value is -1.88. The van der Waals surface area contributed by atoms with E-state index in [-0.39, 0.29) is 12.2 Å². The van der Waals surface area contributed by atoms with Crippen LogP contribution in [-0.2, 0) is 6.61 Å². The van der Waals surface area contributed by atoms with Crippen LogP contribution in [-0.4, -0.2) is 17.3 Å². The molecular weight excluding hydrogens is 264 g/mol. The van der Waals surface area contributed by atoms with Gasteiger partial charge in [-0.1, -0.05) is 12.1 Å². The molecule has 0 amide bonds. The number of hydrogen-bond acceptors (Lipinski definition) is 4. The van der Waals surface area contributed by atoms with E-state index in [2.05, 4.69) is 0 Å². The monoisotopic (exact) mass is 278 g/mol. The summed E-state index contributed by atoms with van der Waals surface area (Å²) in [4.78, 5) is 11.9. The molecule has 0 radical (unpaired) electrons. The summed E-state index contributed by atoms with van der Waals surface area (Å²) in [5.41, 5.74) is 0.178. The van der Waals surface area contributed by atoms with E-state index in [1.165, 1.54) is 6.07 Å². The normalized spacial score (nSPS) is 10.4. The molecular formula is C14H14O4S. The summed E-state index contributed by atoms with van der Waals surface area (Å²) in [7, 11) is 0. The molecule has 0 atom stereocenters. The smallest absolute Gasteiger partial charge is 0.339 e. The third kappa shape index (κ3) is 3.12. The molecule has 5 heteroatoms. The van der Waals surface area contributed by atoms with Crippen LogP contribution in [0.5, 0.6) is 5.75 Å². The topological polar surface area (TPSA) is 59.7 Å². The number of carboxylic acid groups (broad SMARTS) is 1. The molecule has 1 aromatic heterocycles. The molecule has 0 aliphatic rings. The fourth-order valence-electron chi connectivity index (χ4n) is 1.71. The highest BCUT2D eigenvalue weighted by Gasteiger charge is 2.14. The van der Waals surface area contributed by atoms with E-state index in [1.54, 1.807) is 18.7 Å². The van der Waals surface area contributed by atoms with Crippen LogP contribution < -0.4 is 4.74 Å². The van der Waals surface area contributed by atoms with Crippen molar-refractivity contribution >= 4 is 17.7 Å². The predicted molar refractivity (Wildman–Crippen MR) is 73.0 cm³/mol. The molecule has 1 heterocycles. The van der Waals surface area contributed by atoms with Crippen LogP contribution in [0.15, 0.2) is 39.6 Å². The Morgan fingerprint density at radius 3 is 2.79 bits per heavy atom. The van der Waals surface area contributed by atoms with E-state index < -0.39 is 5.97 Å². The number of thioether (sulfide) groups is 1. The summed E-state index contributed by atoms with van der Waals surface area (Å²) >= 11 is 1.59. The SMILES string of the molecule is CSc1ccccc1OCc1cc(C(=O)O)c(C)o1. The van der Waals surface area contributed by atoms with Crippen molar-refractivity contribution in [3.63, 3.8) is 0 Å². The number of benzene rings is 1. The van der Waals surface area contributed by atoms with Gasteiger partial charge in [0, 0.05) is 4.90 Å². The second-order valence-corrected chi connectivity index (χ2v) is 4.78.